The second-order valence-corrected chi connectivity index (χ2v) is 7.92. The van der Waals surface area contributed by atoms with E-state index in [0.29, 0.717) is 44.0 Å². The van der Waals surface area contributed by atoms with Crippen molar-refractivity contribution in [2.45, 2.75) is 13.3 Å². The fraction of sp³-hybridized carbons (Fsp3) is 0.412. The Balaban J connectivity index is 1.57. The highest BCUT2D eigenvalue weighted by atomic mass is 32.2. The molecule has 1 N–H and O–H groups in total. The molecule has 0 unspecified atom stereocenters. The number of carbonyl (C=O) groups excluding carboxylic acids is 1. The maximum Gasteiger partial charge on any atom is 0.289 e. The number of hydrogen-bond acceptors (Lipinski definition) is 6. The number of piperazine rings is 1. The van der Waals surface area contributed by atoms with Crippen LogP contribution < -0.4 is 9.62 Å². The van der Waals surface area contributed by atoms with Crippen molar-refractivity contribution in [3.63, 3.8) is 0 Å². The molecule has 1 aliphatic rings. The maximum atomic E-state index is 12.3. The Hall–Kier alpha value is -2.55. The second kappa shape index (κ2) is 7.77. The molecular weight excluding hydrogens is 356 g/mol. The molecule has 3 heterocycles. The smallest absolute Gasteiger partial charge is 0.289 e. The van der Waals surface area contributed by atoms with Crippen molar-refractivity contribution in [3.05, 3.63) is 42.5 Å². The lowest BCUT2D eigenvalue weighted by molar-refractivity contribution is 0.0714. The number of furan rings is 1. The highest BCUT2D eigenvalue weighted by Crippen LogP contribution is 2.18. The Bertz CT molecular complexity index is 826. The van der Waals surface area contributed by atoms with Gasteiger partial charge in [0.05, 0.1) is 23.9 Å². The first-order chi connectivity index (χ1) is 12.5. The third-order valence-corrected chi connectivity index (χ3v) is 5.61. The molecule has 1 aliphatic heterocycles. The zero-order valence-electron chi connectivity index (χ0n) is 14.6. The fourth-order valence-corrected chi connectivity index (χ4v) is 3.95. The first-order valence-electron chi connectivity index (χ1n) is 8.53. The van der Waals surface area contributed by atoms with Gasteiger partial charge in [-0.3, -0.25) is 9.52 Å². The van der Waals surface area contributed by atoms with Crippen molar-refractivity contribution < 1.29 is 17.6 Å². The van der Waals surface area contributed by atoms with Gasteiger partial charge in [0.15, 0.2) is 5.76 Å². The van der Waals surface area contributed by atoms with Gasteiger partial charge in [-0.25, -0.2) is 13.4 Å². The summed E-state index contributed by atoms with van der Waals surface area (Å²) >= 11 is 0. The van der Waals surface area contributed by atoms with E-state index in [9.17, 15) is 13.2 Å². The Morgan fingerprint density at radius 2 is 2.00 bits per heavy atom. The lowest BCUT2D eigenvalue weighted by Gasteiger charge is -2.35. The minimum Gasteiger partial charge on any atom is -0.459 e. The van der Waals surface area contributed by atoms with E-state index in [1.807, 2.05) is 6.92 Å². The molecule has 0 bridgehead atoms. The summed E-state index contributed by atoms with van der Waals surface area (Å²) < 4.78 is 31.3. The van der Waals surface area contributed by atoms with E-state index in [1.54, 1.807) is 29.2 Å². The summed E-state index contributed by atoms with van der Waals surface area (Å²) in [6.45, 7) is 4.27. The van der Waals surface area contributed by atoms with E-state index in [2.05, 4.69) is 14.6 Å². The van der Waals surface area contributed by atoms with Crippen LogP contribution in [0.4, 0.5) is 11.5 Å². The predicted molar refractivity (Wildman–Crippen MR) is 98.8 cm³/mol. The number of rotatable bonds is 6. The number of pyridine rings is 1. The van der Waals surface area contributed by atoms with Gasteiger partial charge >= 0.3 is 0 Å². The van der Waals surface area contributed by atoms with Gasteiger partial charge in [0.1, 0.15) is 5.82 Å². The molecule has 2 aromatic heterocycles. The Kier molecular flexibility index (Phi) is 5.46. The topological polar surface area (TPSA) is 95.8 Å². The normalized spacial score (nSPS) is 15.1. The van der Waals surface area contributed by atoms with E-state index >= 15 is 0 Å². The van der Waals surface area contributed by atoms with Gasteiger partial charge < -0.3 is 14.2 Å². The summed E-state index contributed by atoms with van der Waals surface area (Å²) in [6.07, 6.45) is 3.56. The van der Waals surface area contributed by atoms with Crippen LogP contribution in [-0.2, 0) is 10.0 Å². The summed E-state index contributed by atoms with van der Waals surface area (Å²) in [5.74, 6) is 1.08. The molecule has 1 fully saturated rings. The average molecular weight is 378 g/mol. The Labute approximate surface area is 152 Å². The molecule has 0 radical (unpaired) electrons. The van der Waals surface area contributed by atoms with Gasteiger partial charge in [-0.2, -0.15) is 0 Å². The zero-order chi connectivity index (χ0) is 18.6. The molecule has 0 aromatic carbocycles. The molecule has 8 nitrogen and oxygen atoms in total. The van der Waals surface area contributed by atoms with Crippen molar-refractivity contribution >= 4 is 27.4 Å². The number of anilines is 2. The third-order valence-electron chi connectivity index (χ3n) is 4.12. The van der Waals surface area contributed by atoms with Crippen LogP contribution in [0.1, 0.15) is 23.9 Å². The first-order valence-corrected chi connectivity index (χ1v) is 10.2. The minimum atomic E-state index is -3.32. The number of nitrogens with zero attached hydrogens (tertiary/aromatic N) is 3. The molecule has 2 aromatic rings. The van der Waals surface area contributed by atoms with E-state index in [0.717, 1.165) is 5.82 Å². The molecule has 0 spiro atoms. The summed E-state index contributed by atoms with van der Waals surface area (Å²) in [6, 6.07) is 6.85. The van der Waals surface area contributed by atoms with E-state index < -0.39 is 10.0 Å². The van der Waals surface area contributed by atoms with E-state index in [1.165, 1.54) is 12.5 Å². The number of carbonyl (C=O) groups is 1. The molecule has 0 saturated carbocycles. The highest BCUT2D eigenvalue weighted by Gasteiger charge is 2.24. The van der Waals surface area contributed by atoms with Crippen LogP contribution in [0.15, 0.2) is 41.1 Å². The van der Waals surface area contributed by atoms with Gasteiger partial charge in [0.25, 0.3) is 5.91 Å². The number of nitrogens with one attached hydrogen (secondary N) is 1. The zero-order valence-corrected chi connectivity index (χ0v) is 15.4. The molecule has 1 amide bonds. The van der Waals surface area contributed by atoms with Crippen LogP contribution in [0.5, 0.6) is 0 Å². The van der Waals surface area contributed by atoms with Gasteiger partial charge in [-0.05, 0) is 30.7 Å². The Morgan fingerprint density at radius 1 is 1.23 bits per heavy atom. The SMILES string of the molecule is CCCS(=O)(=O)Nc1ccc(N2CCN(C(=O)c3ccco3)CC2)nc1. The third kappa shape index (κ3) is 4.34. The summed E-state index contributed by atoms with van der Waals surface area (Å²) in [4.78, 5) is 20.4. The summed E-state index contributed by atoms with van der Waals surface area (Å²) in [7, 11) is -3.32. The number of sulfonamides is 1. The molecule has 140 valence electrons. The molecule has 1 saturated heterocycles. The minimum absolute atomic E-state index is 0.0837. The van der Waals surface area contributed by atoms with Crippen LogP contribution in [0.25, 0.3) is 0 Å². The summed E-state index contributed by atoms with van der Waals surface area (Å²) in [5.41, 5.74) is 0.453. The van der Waals surface area contributed by atoms with Crippen LogP contribution in [0.2, 0.25) is 0 Å². The number of aromatic nitrogens is 1. The first kappa shape index (κ1) is 18.2. The number of hydrogen-bond donors (Lipinski definition) is 1. The highest BCUT2D eigenvalue weighted by molar-refractivity contribution is 7.92. The van der Waals surface area contributed by atoms with Crippen molar-refractivity contribution in [2.75, 3.05) is 41.6 Å². The largest absolute Gasteiger partial charge is 0.459 e. The molecular formula is C17H22N4O4S. The van der Waals surface area contributed by atoms with Crippen molar-refractivity contribution in [1.29, 1.82) is 0 Å². The molecule has 3 rings (SSSR count). The van der Waals surface area contributed by atoms with Crippen LogP contribution in [0, 0.1) is 0 Å². The van der Waals surface area contributed by atoms with Crippen molar-refractivity contribution in [1.82, 2.24) is 9.88 Å². The maximum absolute atomic E-state index is 12.3. The molecule has 9 heteroatoms. The van der Waals surface area contributed by atoms with Crippen LogP contribution >= 0.6 is 0 Å². The van der Waals surface area contributed by atoms with Gasteiger partial charge in [-0.15, -0.1) is 0 Å². The average Bonchev–Trinajstić information content (AvgIpc) is 3.16. The fourth-order valence-electron chi connectivity index (χ4n) is 2.83. The van der Waals surface area contributed by atoms with Crippen molar-refractivity contribution in [3.8, 4) is 0 Å². The second-order valence-electron chi connectivity index (χ2n) is 6.08. The molecule has 0 atom stereocenters. The molecule has 0 aliphatic carbocycles. The summed E-state index contributed by atoms with van der Waals surface area (Å²) in [5, 5.41) is 0. The van der Waals surface area contributed by atoms with Crippen LogP contribution in [0.3, 0.4) is 0 Å². The quantitative estimate of drug-likeness (QED) is 0.823. The van der Waals surface area contributed by atoms with E-state index in [-0.39, 0.29) is 11.7 Å². The number of amides is 1. The van der Waals surface area contributed by atoms with Gasteiger partial charge in [0.2, 0.25) is 10.0 Å². The van der Waals surface area contributed by atoms with Gasteiger partial charge in [-0.1, -0.05) is 6.92 Å². The molecule has 26 heavy (non-hydrogen) atoms. The van der Waals surface area contributed by atoms with E-state index in [4.69, 9.17) is 4.42 Å². The van der Waals surface area contributed by atoms with Gasteiger partial charge in [0, 0.05) is 26.2 Å². The monoisotopic (exact) mass is 378 g/mol. The predicted octanol–water partition coefficient (Wildman–Crippen LogP) is 1.79. The van der Waals surface area contributed by atoms with Crippen LogP contribution in [-0.4, -0.2) is 56.1 Å². The lowest BCUT2D eigenvalue weighted by Crippen LogP contribution is -2.49. The lowest BCUT2D eigenvalue weighted by atomic mass is 10.2. The van der Waals surface area contributed by atoms with Crippen molar-refractivity contribution in [2.24, 2.45) is 0 Å². The Morgan fingerprint density at radius 3 is 2.58 bits per heavy atom. The standard InChI is InChI=1S/C17H22N4O4S/c1-2-12-26(23,24)19-14-5-6-16(18-13-14)20-7-9-21(10-8-20)17(22)15-4-3-11-25-15/h3-6,11,13,19H,2,7-10,12H2,1H3.